The highest BCUT2D eigenvalue weighted by atomic mass is 35.5. The third kappa shape index (κ3) is 3.55. The van der Waals surface area contributed by atoms with Gasteiger partial charge in [-0.25, -0.2) is 0 Å². The predicted octanol–water partition coefficient (Wildman–Crippen LogP) is 3.74. The molecule has 1 N–H and O–H groups in total. The van der Waals surface area contributed by atoms with Crippen molar-refractivity contribution in [1.82, 2.24) is 15.2 Å². The number of rotatable bonds is 4. The summed E-state index contributed by atoms with van der Waals surface area (Å²) in [5.74, 6) is 1.68. The first-order valence-electron chi connectivity index (χ1n) is 9.02. The molecule has 4 heterocycles. The molecule has 0 spiro atoms. The molecule has 4 unspecified atom stereocenters. The highest BCUT2D eigenvalue weighted by Gasteiger charge is 2.38. The molecule has 4 atom stereocenters. The van der Waals surface area contributed by atoms with Gasteiger partial charge in [0.15, 0.2) is 5.75 Å². The second kappa shape index (κ2) is 7.25. The van der Waals surface area contributed by atoms with Crippen molar-refractivity contribution in [2.75, 3.05) is 13.1 Å². The Morgan fingerprint density at radius 3 is 2.77 bits per heavy atom. The minimum atomic E-state index is -0.0256. The second-order valence-electron chi connectivity index (χ2n) is 7.14. The van der Waals surface area contributed by atoms with E-state index in [9.17, 15) is 4.79 Å². The van der Waals surface area contributed by atoms with Gasteiger partial charge in [0.05, 0.1) is 11.2 Å². The lowest BCUT2D eigenvalue weighted by Gasteiger charge is -2.48. The predicted molar refractivity (Wildman–Crippen MR) is 101 cm³/mol. The van der Waals surface area contributed by atoms with Crippen molar-refractivity contribution in [1.29, 1.82) is 0 Å². The Bertz CT molecular complexity index is 796. The minimum absolute atomic E-state index is 0.0256. The number of pyridine rings is 1. The average molecular weight is 372 g/mol. The summed E-state index contributed by atoms with van der Waals surface area (Å²) in [4.78, 5) is 19.1. The summed E-state index contributed by atoms with van der Waals surface area (Å²) < 4.78 is 5.71. The zero-order chi connectivity index (χ0) is 18.1. The number of hydrogen-bond acceptors (Lipinski definition) is 4. The normalized spacial score (nSPS) is 27.2. The second-order valence-corrected chi connectivity index (χ2v) is 7.55. The molecule has 3 fully saturated rings. The topological polar surface area (TPSA) is 54.5 Å². The fourth-order valence-corrected chi connectivity index (χ4v) is 4.09. The first-order chi connectivity index (χ1) is 12.6. The van der Waals surface area contributed by atoms with Crippen molar-refractivity contribution in [2.24, 2.45) is 5.92 Å². The van der Waals surface area contributed by atoms with E-state index in [0.717, 1.165) is 13.1 Å². The van der Waals surface area contributed by atoms with Crippen LogP contribution in [-0.2, 0) is 0 Å². The lowest BCUT2D eigenvalue weighted by atomic mass is 9.80. The van der Waals surface area contributed by atoms with Gasteiger partial charge in [0.25, 0.3) is 5.91 Å². The lowest BCUT2D eigenvalue weighted by molar-refractivity contribution is 0.0274. The van der Waals surface area contributed by atoms with Crippen molar-refractivity contribution in [3.8, 4) is 11.5 Å². The summed E-state index contributed by atoms with van der Waals surface area (Å²) in [5.41, 5.74) is 0.638. The maximum atomic E-state index is 12.6. The molecule has 26 heavy (non-hydrogen) atoms. The molecule has 1 aromatic carbocycles. The van der Waals surface area contributed by atoms with Crippen LogP contribution in [0.1, 0.15) is 30.1 Å². The van der Waals surface area contributed by atoms with Crippen LogP contribution in [0.3, 0.4) is 0 Å². The van der Waals surface area contributed by atoms with Gasteiger partial charge in [-0.15, -0.1) is 0 Å². The Hall–Kier alpha value is -2.11. The smallest absolute Gasteiger partial charge is 0.251 e. The van der Waals surface area contributed by atoms with Gasteiger partial charge >= 0.3 is 0 Å². The van der Waals surface area contributed by atoms with Crippen LogP contribution in [0.25, 0.3) is 0 Å². The fraction of sp³-hybridized carbons (Fsp3) is 0.400. The van der Waals surface area contributed by atoms with Gasteiger partial charge < -0.3 is 10.1 Å². The van der Waals surface area contributed by atoms with E-state index in [2.05, 4.69) is 22.1 Å². The summed E-state index contributed by atoms with van der Waals surface area (Å²) in [7, 11) is 0. The number of piperidine rings is 3. The van der Waals surface area contributed by atoms with Crippen LogP contribution < -0.4 is 10.1 Å². The number of hydrogen-bond donors (Lipinski definition) is 1. The van der Waals surface area contributed by atoms with E-state index in [-0.39, 0.29) is 11.9 Å². The van der Waals surface area contributed by atoms with Crippen LogP contribution in [0.2, 0.25) is 5.02 Å². The van der Waals surface area contributed by atoms with E-state index in [4.69, 9.17) is 16.3 Å². The molecule has 1 amide bonds. The number of aromatic nitrogens is 1. The Morgan fingerprint density at radius 1 is 1.31 bits per heavy atom. The van der Waals surface area contributed by atoms with Crippen molar-refractivity contribution < 1.29 is 9.53 Å². The molecule has 2 bridgehead atoms. The van der Waals surface area contributed by atoms with Crippen LogP contribution in [0.15, 0.2) is 42.7 Å². The van der Waals surface area contributed by atoms with E-state index in [1.807, 2.05) is 0 Å². The minimum Gasteiger partial charge on any atom is -0.454 e. The SMILES string of the molecule is CC1CC2CCN1CC2NC(=O)c1ccc(Oc2cnccc2Cl)cc1. The van der Waals surface area contributed by atoms with E-state index >= 15 is 0 Å². The number of nitrogens with one attached hydrogen (secondary N) is 1. The number of fused-ring (bicyclic) bond motifs is 3. The summed E-state index contributed by atoms with van der Waals surface area (Å²) in [6.07, 6.45) is 5.52. The molecule has 3 aliphatic heterocycles. The molecule has 3 saturated heterocycles. The fourth-order valence-electron chi connectivity index (χ4n) is 3.95. The molecule has 3 aliphatic rings. The number of benzene rings is 1. The third-order valence-corrected chi connectivity index (χ3v) is 5.76. The van der Waals surface area contributed by atoms with Crippen LogP contribution in [0, 0.1) is 5.92 Å². The molecule has 0 radical (unpaired) electrons. The molecule has 0 aliphatic carbocycles. The molecular weight excluding hydrogens is 350 g/mol. The Labute approximate surface area is 158 Å². The van der Waals surface area contributed by atoms with Crippen molar-refractivity contribution in [3.63, 3.8) is 0 Å². The van der Waals surface area contributed by atoms with Gasteiger partial charge in [-0.05, 0) is 62.6 Å². The number of ether oxygens (including phenoxy) is 1. The van der Waals surface area contributed by atoms with Crippen molar-refractivity contribution >= 4 is 17.5 Å². The standard InChI is InChI=1S/C20H22ClN3O2/c1-13-10-15-7-9-24(13)12-18(15)23-20(25)14-2-4-16(5-3-14)26-19-11-22-8-6-17(19)21/h2-6,8,11,13,15,18H,7,9-10,12H2,1H3,(H,23,25). The summed E-state index contributed by atoms with van der Waals surface area (Å²) in [6, 6.07) is 9.66. The van der Waals surface area contributed by atoms with Crippen molar-refractivity contribution in [3.05, 3.63) is 53.3 Å². The van der Waals surface area contributed by atoms with E-state index in [0.29, 0.717) is 34.0 Å². The van der Waals surface area contributed by atoms with E-state index < -0.39 is 0 Å². The Kier molecular flexibility index (Phi) is 4.83. The Balaban J connectivity index is 1.39. The summed E-state index contributed by atoms with van der Waals surface area (Å²) >= 11 is 6.07. The molecule has 1 aromatic heterocycles. The third-order valence-electron chi connectivity index (χ3n) is 5.45. The van der Waals surface area contributed by atoms with Crippen LogP contribution in [0.4, 0.5) is 0 Å². The maximum Gasteiger partial charge on any atom is 0.251 e. The van der Waals surface area contributed by atoms with Crippen LogP contribution in [0.5, 0.6) is 11.5 Å². The molecule has 0 saturated carbocycles. The van der Waals surface area contributed by atoms with Gasteiger partial charge in [-0.1, -0.05) is 11.6 Å². The number of nitrogens with zero attached hydrogens (tertiary/aromatic N) is 2. The van der Waals surface area contributed by atoms with Crippen LogP contribution in [-0.4, -0.2) is 41.0 Å². The lowest BCUT2D eigenvalue weighted by Crippen LogP contribution is -2.60. The molecule has 2 aromatic rings. The van der Waals surface area contributed by atoms with E-state index in [1.54, 1.807) is 42.7 Å². The first kappa shape index (κ1) is 17.3. The quantitative estimate of drug-likeness (QED) is 0.889. The molecule has 136 valence electrons. The van der Waals surface area contributed by atoms with Gasteiger partial charge in [-0.3, -0.25) is 14.7 Å². The number of amides is 1. The van der Waals surface area contributed by atoms with Crippen LogP contribution >= 0.6 is 11.6 Å². The first-order valence-corrected chi connectivity index (χ1v) is 9.40. The maximum absolute atomic E-state index is 12.6. The highest BCUT2D eigenvalue weighted by Crippen LogP contribution is 2.32. The zero-order valence-corrected chi connectivity index (χ0v) is 15.4. The van der Waals surface area contributed by atoms with Gasteiger partial charge in [0, 0.05) is 30.4 Å². The number of carbonyl (C=O) groups is 1. The monoisotopic (exact) mass is 371 g/mol. The van der Waals surface area contributed by atoms with Gasteiger partial charge in [0.2, 0.25) is 0 Å². The number of carbonyl (C=O) groups excluding carboxylic acids is 1. The molecular formula is C20H22ClN3O2. The molecule has 5 nitrogen and oxygen atoms in total. The summed E-state index contributed by atoms with van der Waals surface area (Å²) in [6.45, 7) is 4.39. The van der Waals surface area contributed by atoms with Gasteiger partial charge in [0.1, 0.15) is 5.75 Å². The van der Waals surface area contributed by atoms with E-state index in [1.165, 1.54) is 12.8 Å². The Morgan fingerprint density at radius 2 is 2.12 bits per heavy atom. The zero-order valence-electron chi connectivity index (χ0n) is 14.7. The average Bonchev–Trinajstić information content (AvgIpc) is 2.65. The number of halogens is 1. The van der Waals surface area contributed by atoms with Crippen molar-refractivity contribution in [2.45, 2.75) is 31.8 Å². The highest BCUT2D eigenvalue weighted by molar-refractivity contribution is 6.32. The molecule has 5 rings (SSSR count). The summed E-state index contributed by atoms with van der Waals surface area (Å²) in [5, 5.41) is 3.71. The largest absolute Gasteiger partial charge is 0.454 e. The molecule has 6 heteroatoms. The van der Waals surface area contributed by atoms with Gasteiger partial charge in [-0.2, -0.15) is 0 Å².